The number of aliphatic hydroxyl groups is 1. The van der Waals surface area contributed by atoms with Crippen LogP contribution in [0.15, 0.2) is 30.7 Å². The Morgan fingerprint density at radius 2 is 2.14 bits per heavy atom. The summed E-state index contributed by atoms with van der Waals surface area (Å²) in [7, 11) is 1.95. The van der Waals surface area contributed by atoms with Crippen molar-refractivity contribution in [2.24, 2.45) is 13.0 Å². The molecule has 1 aliphatic carbocycles. The summed E-state index contributed by atoms with van der Waals surface area (Å²) in [6.07, 6.45) is 9.80. The number of aliphatic hydroxyl groups excluding tert-OH is 1. The third-order valence-electron chi connectivity index (χ3n) is 4.36. The van der Waals surface area contributed by atoms with Crippen molar-refractivity contribution in [2.45, 2.75) is 38.3 Å². The van der Waals surface area contributed by atoms with Gasteiger partial charge in [-0.25, -0.2) is 0 Å². The number of aromatic nitrogens is 3. The van der Waals surface area contributed by atoms with E-state index in [1.165, 1.54) is 12.0 Å². The molecule has 0 bridgehead atoms. The Labute approximate surface area is 131 Å². The third-order valence-corrected chi connectivity index (χ3v) is 4.36. The molecule has 2 aromatic heterocycles. The van der Waals surface area contributed by atoms with Gasteiger partial charge < -0.3 is 10.4 Å². The van der Waals surface area contributed by atoms with Gasteiger partial charge in [0.05, 0.1) is 11.8 Å². The van der Waals surface area contributed by atoms with Crippen LogP contribution in [0, 0.1) is 5.92 Å². The van der Waals surface area contributed by atoms with Gasteiger partial charge >= 0.3 is 0 Å². The van der Waals surface area contributed by atoms with Crippen molar-refractivity contribution in [3.05, 3.63) is 36.3 Å². The first kappa shape index (κ1) is 15.2. The summed E-state index contributed by atoms with van der Waals surface area (Å²) in [5.74, 6) is 0.588. The molecule has 2 heterocycles. The second-order valence-corrected chi connectivity index (χ2v) is 6.23. The monoisotopic (exact) mass is 300 g/mol. The van der Waals surface area contributed by atoms with E-state index in [1.807, 2.05) is 23.9 Å². The molecule has 0 spiro atoms. The van der Waals surface area contributed by atoms with Crippen molar-refractivity contribution in [3.63, 3.8) is 0 Å². The highest BCUT2D eigenvalue weighted by Gasteiger charge is 2.20. The number of hydrogen-bond donors (Lipinski definition) is 2. The fourth-order valence-corrected chi connectivity index (χ4v) is 3.28. The molecule has 0 saturated heterocycles. The van der Waals surface area contributed by atoms with Gasteiger partial charge in [0.25, 0.3) is 0 Å². The molecule has 3 rings (SSSR count). The quantitative estimate of drug-likeness (QED) is 0.888. The zero-order valence-corrected chi connectivity index (χ0v) is 13.1. The molecule has 0 aromatic carbocycles. The molecular weight excluding hydrogens is 276 g/mol. The molecular formula is C17H24N4O. The first-order chi connectivity index (χ1) is 10.7. The van der Waals surface area contributed by atoms with Crippen molar-refractivity contribution in [1.82, 2.24) is 20.1 Å². The molecule has 5 heteroatoms. The maximum atomic E-state index is 9.75. The largest absolute Gasteiger partial charge is 0.393 e. The molecule has 0 aliphatic heterocycles. The standard InChI is InChI=1S/C17H24N4O/c1-21-12-15(17(20-21)14-5-7-18-8-6-14)11-19-10-13-3-2-4-16(22)9-13/h5-8,12-13,16,19,22H,2-4,9-11H2,1H3. The van der Waals surface area contributed by atoms with Crippen molar-refractivity contribution in [3.8, 4) is 11.3 Å². The lowest BCUT2D eigenvalue weighted by Gasteiger charge is -2.25. The molecule has 0 radical (unpaired) electrons. The molecule has 5 nitrogen and oxygen atoms in total. The number of nitrogens with one attached hydrogen (secondary N) is 1. The maximum absolute atomic E-state index is 9.75. The smallest absolute Gasteiger partial charge is 0.0969 e. The summed E-state index contributed by atoms with van der Waals surface area (Å²) in [4.78, 5) is 4.06. The predicted octanol–water partition coefficient (Wildman–Crippen LogP) is 2.12. The van der Waals surface area contributed by atoms with E-state index in [1.54, 1.807) is 12.4 Å². The zero-order chi connectivity index (χ0) is 15.4. The highest BCUT2D eigenvalue weighted by atomic mass is 16.3. The van der Waals surface area contributed by atoms with Gasteiger partial charge in [-0.3, -0.25) is 9.67 Å². The van der Waals surface area contributed by atoms with Crippen LogP contribution in [0.1, 0.15) is 31.2 Å². The minimum Gasteiger partial charge on any atom is -0.393 e. The normalized spacial score (nSPS) is 21.9. The van der Waals surface area contributed by atoms with E-state index in [0.29, 0.717) is 5.92 Å². The van der Waals surface area contributed by atoms with E-state index in [0.717, 1.165) is 43.6 Å². The summed E-state index contributed by atoms with van der Waals surface area (Å²) < 4.78 is 1.86. The van der Waals surface area contributed by atoms with Crippen LogP contribution in [0.25, 0.3) is 11.3 Å². The van der Waals surface area contributed by atoms with Crippen molar-refractivity contribution < 1.29 is 5.11 Å². The van der Waals surface area contributed by atoms with Crippen LogP contribution < -0.4 is 5.32 Å². The SMILES string of the molecule is Cn1cc(CNCC2CCCC(O)C2)c(-c2ccncc2)n1. The Hall–Kier alpha value is -1.72. The number of pyridine rings is 1. The molecule has 22 heavy (non-hydrogen) atoms. The van der Waals surface area contributed by atoms with Gasteiger partial charge in [-0.2, -0.15) is 5.10 Å². The van der Waals surface area contributed by atoms with Crippen molar-refractivity contribution in [2.75, 3.05) is 6.54 Å². The fraction of sp³-hybridized carbons (Fsp3) is 0.529. The Balaban J connectivity index is 1.61. The third kappa shape index (κ3) is 3.72. The number of aryl methyl sites for hydroxylation is 1. The minimum absolute atomic E-state index is 0.105. The van der Waals surface area contributed by atoms with E-state index >= 15 is 0 Å². The van der Waals surface area contributed by atoms with Gasteiger partial charge in [-0.05, 0) is 43.9 Å². The van der Waals surface area contributed by atoms with Crippen LogP contribution in [0.4, 0.5) is 0 Å². The van der Waals surface area contributed by atoms with Gasteiger partial charge in [0.15, 0.2) is 0 Å². The molecule has 2 unspecified atom stereocenters. The summed E-state index contributed by atoms with van der Waals surface area (Å²) >= 11 is 0. The van der Waals surface area contributed by atoms with Crippen LogP contribution in [-0.4, -0.2) is 32.5 Å². The van der Waals surface area contributed by atoms with Gasteiger partial charge in [-0.15, -0.1) is 0 Å². The Morgan fingerprint density at radius 1 is 1.32 bits per heavy atom. The highest BCUT2D eigenvalue weighted by Crippen LogP contribution is 2.24. The van der Waals surface area contributed by atoms with Gasteiger partial charge in [0, 0.05) is 43.3 Å². The van der Waals surface area contributed by atoms with E-state index < -0.39 is 0 Å². The molecule has 0 amide bonds. The molecule has 1 fully saturated rings. The molecule has 118 valence electrons. The van der Waals surface area contributed by atoms with Crippen molar-refractivity contribution >= 4 is 0 Å². The summed E-state index contributed by atoms with van der Waals surface area (Å²) in [6, 6.07) is 3.98. The summed E-state index contributed by atoms with van der Waals surface area (Å²) in [5, 5.41) is 17.8. The molecule has 2 N–H and O–H groups in total. The molecule has 1 aliphatic rings. The molecule has 2 atom stereocenters. The summed E-state index contributed by atoms with van der Waals surface area (Å²) in [6.45, 7) is 1.76. The summed E-state index contributed by atoms with van der Waals surface area (Å²) in [5.41, 5.74) is 3.31. The highest BCUT2D eigenvalue weighted by molar-refractivity contribution is 5.61. The lowest BCUT2D eigenvalue weighted by atomic mass is 9.87. The minimum atomic E-state index is -0.105. The van der Waals surface area contributed by atoms with E-state index in [4.69, 9.17) is 0 Å². The Bertz CT molecular complexity index is 596. The van der Waals surface area contributed by atoms with Gasteiger partial charge in [0.2, 0.25) is 0 Å². The predicted molar refractivity (Wildman–Crippen MR) is 86.1 cm³/mol. The van der Waals surface area contributed by atoms with Crippen LogP contribution >= 0.6 is 0 Å². The van der Waals surface area contributed by atoms with Crippen LogP contribution in [0.3, 0.4) is 0 Å². The van der Waals surface area contributed by atoms with E-state index in [-0.39, 0.29) is 6.10 Å². The van der Waals surface area contributed by atoms with Crippen LogP contribution in [-0.2, 0) is 13.6 Å². The lowest BCUT2D eigenvalue weighted by Crippen LogP contribution is -2.28. The molecule has 2 aromatic rings. The molecule has 1 saturated carbocycles. The maximum Gasteiger partial charge on any atom is 0.0969 e. The second-order valence-electron chi connectivity index (χ2n) is 6.23. The van der Waals surface area contributed by atoms with E-state index in [2.05, 4.69) is 21.6 Å². The topological polar surface area (TPSA) is 63.0 Å². The number of nitrogens with zero attached hydrogens (tertiary/aromatic N) is 3. The number of hydrogen-bond acceptors (Lipinski definition) is 4. The van der Waals surface area contributed by atoms with Gasteiger partial charge in [0.1, 0.15) is 0 Å². The fourth-order valence-electron chi connectivity index (χ4n) is 3.28. The van der Waals surface area contributed by atoms with Crippen molar-refractivity contribution in [1.29, 1.82) is 0 Å². The van der Waals surface area contributed by atoms with Crippen LogP contribution in [0.5, 0.6) is 0 Å². The zero-order valence-electron chi connectivity index (χ0n) is 13.1. The average molecular weight is 300 g/mol. The Kier molecular flexibility index (Phi) is 4.85. The first-order valence-corrected chi connectivity index (χ1v) is 8.04. The van der Waals surface area contributed by atoms with E-state index in [9.17, 15) is 5.11 Å². The average Bonchev–Trinajstić information content (AvgIpc) is 2.89. The van der Waals surface area contributed by atoms with Gasteiger partial charge in [-0.1, -0.05) is 6.42 Å². The number of rotatable bonds is 5. The Morgan fingerprint density at radius 3 is 2.91 bits per heavy atom. The second kappa shape index (κ2) is 7.03. The van der Waals surface area contributed by atoms with Crippen LogP contribution in [0.2, 0.25) is 0 Å². The first-order valence-electron chi connectivity index (χ1n) is 8.04. The lowest BCUT2D eigenvalue weighted by molar-refractivity contribution is 0.101.